The lowest BCUT2D eigenvalue weighted by Crippen LogP contribution is -2.42. The van der Waals surface area contributed by atoms with E-state index in [1.54, 1.807) is 7.11 Å². The molecule has 0 amide bonds. The number of fused-ring (bicyclic) bond motifs is 1. The Kier molecular flexibility index (Phi) is 7.55. The van der Waals surface area contributed by atoms with Crippen molar-refractivity contribution in [3.8, 4) is 5.75 Å². The van der Waals surface area contributed by atoms with Gasteiger partial charge in [0.15, 0.2) is 0 Å². The van der Waals surface area contributed by atoms with E-state index in [4.69, 9.17) is 9.47 Å². The molecule has 0 saturated carbocycles. The summed E-state index contributed by atoms with van der Waals surface area (Å²) in [5, 5.41) is 0. The third kappa shape index (κ3) is 5.30. The first kappa shape index (κ1) is 22.1. The maximum atomic E-state index is 13.1. The van der Waals surface area contributed by atoms with E-state index in [0.29, 0.717) is 12.5 Å². The monoisotopic (exact) mass is 403 g/mol. The van der Waals surface area contributed by atoms with E-state index in [2.05, 4.69) is 40.9 Å². The van der Waals surface area contributed by atoms with Gasteiger partial charge in [0.05, 0.1) is 19.1 Å². The highest BCUT2D eigenvalue weighted by molar-refractivity contribution is 5.78. The molecule has 3 rings (SSSR count). The van der Waals surface area contributed by atoms with Gasteiger partial charge < -0.3 is 19.3 Å². The van der Waals surface area contributed by atoms with Gasteiger partial charge in [-0.15, -0.1) is 0 Å². The Hall–Kier alpha value is -1.63. The second-order valence-corrected chi connectivity index (χ2v) is 8.80. The summed E-state index contributed by atoms with van der Waals surface area (Å²) in [6.45, 7) is 9.09. The molecule has 6 heteroatoms. The number of esters is 1. The number of methoxy groups -OCH3 is 1. The van der Waals surface area contributed by atoms with Crippen LogP contribution in [0.3, 0.4) is 0 Å². The van der Waals surface area contributed by atoms with Gasteiger partial charge in [-0.05, 0) is 58.1 Å². The third-order valence-electron chi connectivity index (χ3n) is 6.45. The van der Waals surface area contributed by atoms with Crippen molar-refractivity contribution in [3.63, 3.8) is 0 Å². The molecule has 2 fully saturated rings. The predicted molar refractivity (Wildman–Crippen MR) is 115 cm³/mol. The minimum absolute atomic E-state index is 0.0173. The largest absolute Gasteiger partial charge is 0.497 e. The van der Waals surface area contributed by atoms with Gasteiger partial charge in [0.25, 0.3) is 0 Å². The Labute approximate surface area is 175 Å². The fourth-order valence-electron chi connectivity index (χ4n) is 4.87. The molecule has 0 unspecified atom stereocenters. The van der Waals surface area contributed by atoms with Crippen LogP contribution >= 0.6 is 0 Å². The second kappa shape index (κ2) is 9.92. The number of nitrogens with zero attached hydrogens (tertiary/aromatic N) is 3. The highest BCUT2D eigenvalue weighted by Crippen LogP contribution is 2.43. The molecule has 2 atom stereocenters. The Bertz CT molecular complexity index is 664. The Balaban J connectivity index is 1.72. The Morgan fingerprint density at radius 3 is 2.59 bits per heavy atom. The van der Waals surface area contributed by atoms with Crippen molar-refractivity contribution >= 4 is 5.97 Å². The average molecular weight is 404 g/mol. The zero-order chi connectivity index (χ0) is 20.9. The van der Waals surface area contributed by atoms with Crippen molar-refractivity contribution in [1.29, 1.82) is 0 Å². The fourth-order valence-corrected chi connectivity index (χ4v) is 4.87. The third-order valence-corrected chi connectivity index (χ3v) is 6.45. The molecule has 2 saturated heterocycles. The normalized spacial score (nSPS) is 25.6. The van der Waals surface area contributed by atoms with Gasteiger partial charge in [0.2, 0.25) is 0 Å². The fraction of sp³-hybridized carbons (Fsp3) is 0.696. The van der Waals surface area contributed by atoms with Gasteiger partial charge in [-0.3, -0.25) is 9.69 Å². The van der Waals surface area contributed by atoms with Crippen molar-refractivity contribution in [2.45, 2.75) is 26.3 Å². The number of rotatable bonds is 8. The molecule has 2 heterocycles. The molecule has 0 N–H and O–H groups in total. The highest BCUT2D eigenvalue weighted by Gasteiger charge is 2.53. The van der Waals surface area contributed by atoms with Gasteiger partial charge in [0.1, 0.15) is 5.75 Å². The van der Waals surface area contributed by atoms with Gasteiger partial charge in [-0.2, -0.15) is 0 Å². The zero-order valence-corrected chi connectivity index (χ0v) is 18.5. The zero-order valence-electron chi connectivity index (χ0n) is 18.5. The molecule has 1 aromatic carbocycles. The summed E-state index contributed by atoms with van der Waals surface area (Å²) < 4.78 is 10.9. The summed E-state index contributed by atoms with van der Waals surface area (Å²) in [6.07, 6.45) is 1.96. The van der Waals surface area contributed by atoms with Gasteiger partial charge >= 0.3 is 5.97 Å². The lowest BCUT2D eigenvalue weighted by molar-refractivity contribution is -0.157. The molecule has 6 nitrogen and oxygen atoms in total. The minimum atomic E-state index is -0.350. The summed E-state index contributed by atoms with van der Waals surface area (Å²) >= 11 is 0. The van der Waals surface area contributed by atoms with E-state index in [9.17, 15) is 4.79 Å². The summed E-state index contributed by atoms with van der Waals surface area (Å²) in [6, 6.07) is 8.32. The number of benzene rings is 1. The first-order valence-corrected chi connectivity index (χ1v) is 10.9. The quantitative estimate of drug-likeness (QED) is 0.621. The van der Waals surface area contributed by atoms with Crippen LogP contribution in [0.2, 0.25) is 0 Å². The maximum absolute atomic E-state index is 13.1. The molecule has 29 heavy (non-hydrogen) atoms. The molecule has 0 bridgehead atoms. The van der Waals surface area contributed by atoms with Crippen LogP contribution in [0.1, 0.15) is 25.3 Å². The SMILES string of the molecule is CCOC(=O)[C@]12CCCN(Cc3ccc(OC)cc3)C[C@H]1CN(CCN(C)C)C2. The van der Waals surface area contributed by atoms with E-state index in [1.807, 2.05) is 19.1 Å². The molecule has 2 aliphatic heterocycles. The minimum Gasteiger partial charge on any atom is -0.497 e. The summed E-state index contributed by atoms with van der Waals surface area (Å²) in [5.41, 5.74) is 0.939. The van der Waals surface area contributed by atoms with Crippen LogP contribution < -0.4 is 4.74 Å². The van der Waals surface area contributed by atoms with Gasteiger partial charge in [-0.25, -0.2) is 0 Å². The number of carbonyl (C=O) groups excluding carboxylic acids is 1. The first-order valence-electron chi connectivity index (χ1n) is 10.9. The molecule has 2 aliphatic rings. The highest BCUT2D eigenvalue weighted by atomic mass is 16.5. The number of hydrogen-bond donors (Lipinski definition) is 0. The first-order chi connectivity index (χ1) is 14.0. The topological polar surface area (TPSA) is 45.2 Å². The van der Waals surface area contributed by atoms with E-state index in [1.165, 1.54) is 5.56 Å². The van der Waals surface area contributed by atoms with Crippen LogP contribution in [0, 0.1) is 11.3 Å². The van der Waals surface area contributed by atoms with E-state index < -0.39 is 0 Å². The van der Waals surface area contributed by atoms with Crippen LogP contribution in [0.5, 0.6) is 5.75 Å². The van der Waals surface area contributed by atoms with Gasteiger partial charge in [0, 0.05) is 45.2 Å². The molecule has 0 aromatic heterocycles. The summed E-state index contributed by atoms with van der Waals surface area (Å²) in [5.74, 6) is 1.23. The van der Waals surface area contributed by atoms with Crippen molar-refractivity contribution < 1.29 is 14.3 Å². The van der Waals surface area contributed by atoms with Gasteiger partial charge in [-0.1, -0.05) is 12.1 Å². The van der Waals surface area contributed by atoms with Crippen LogP contribution in [0.25, 0.3) is 0 Å². The lowest BCUT2D eigenvalue weighted by atomic mass is 9.75. The number of hydrogen-bond acceptors (Lipinski definition) is 6. The van der Waals surface area contributed by atoms with Crippen LogP contribution in [0.15, 0.2) is 24.3 Å². The molecular weight excluding hydrogens is 366 g/mol. The summed E-state index contributed by atoms with van der Waals surface area (Å²) in [7, 11) is 5.90. The van der Waals surface area contributed by atoms with E-state index >= 15 is 0 Å². The summed E-state index contributed by atoms with van der Waals surface area (Å²) in [4.78, 5) is 20.3. The smallest absolute Gasteiger partial charge is 0.313 e. The Morgan fingerprint density at radius 2 is 1.93 bits per heavy atom. The van der Waals surface area contributed by atoms with E-state index in [0.717, 1.165) is 64.4 Å². The molecule has 0 spiro atoms. The van der Waals surface area contributed by atoms with Crippen LogP contribution in [-0.4, -0.2) is 87.7 Å². The molecule has 162 valence electrons. The molecular formula is C23H37N3O3. The molecule has 0 aliphatic carbocycles. The van der Waals surface area contributed by atoms with Crippen molar-refractivity contribution in [3.05, 3.63) is 29.8 Å². The number of ether oxygens (including phenoxy) is 2. The second-order valence-electron chi connectivity index (χ2n) is 8.80. The average Bonchev–Trinajstić information content (AvgIpc) is 2.96. The van der Waals surface area contributed by atoms with Crippen molar-refractivity contribution in [2.75, 3.05) is 67.1 Å². The van der Waals surface area contributed by atoms with Crippen molar-refractivity contribution in [1.82, 2.24) is 14.7 Å². The number of carbonyl (C=O) groups is 1. The predicted octanol–water partition coefficient (Wildman–Crippen LogP) is 2.33. The van der Waals surface area contributed by atoms with Crippen LogP contribution in [-0.2, 0) is 16.1 Å². The number of likely N-dealkylation sites (tertiary alicyclic amines) is 2. The van der Waals surface area contributed by atoms with Crippen LogP contribution in [0.4, 0.5) is 0 Å². The molecule has 0 radical (unpaired) electrons. The van der Waals surface area contributed by atoms with Crippen molar-refractivity contribution in [2.24, 2.45) is 11.3 Å². The Morgan fingerprint density at radius 1 is 1.21 bits per heavy atom. The lowest BCUT2D eigenvalue weighted by Gasteiger charge is -2.31. The maximum Gasteiger partial charge on any atom is 0.313 e. The molecule has 1 aromatic rings. The van der Waals surface area contributed by atoms with E-state index in [-0.39, 0.29) is 11.4 Å². The standard InChI is InChI=1S/C23H37N3O3/c1-5-29-22(27)23-11-6-12-25(15-19-7-9-21(28-4)10-8-19)16-20(23)17-26(18-23)14-13-24(2)3/h7-10,20H,5-6,11-18H2,1-4H3/t20-,23-/m0/s1. The number of likely N-dealkylation sites (N-methyl/N-ethyl adjacent to an activating group) is 1.